The Kier molecular flexibility index (Phi) is 9.47. The summed E-state index contributed by atoms with van der Waals surface area (Å²) in [6.07, 6.45) is 0. The third kappa shape index (κ3) is 7.11. The van der Waals surface area contributed by atoms with E-state index in [1.54, 1.807) is 0 Å². The zero-order chi connectivity index (χ0) is 42.3. The lowest BCUT2D eigenvalue weighted by Crippen LogP contribution is -2.01. The van der Waals surface area contributed by atoms with Crippen LogP contribution in [0.15, 0.2) is 199 Å². The molecular formula is C56H38N6O. The van der Waals surface area contributed by atoms with E-state index >= 15 is 0 Å². The van der Waals surface area contributed by atoms with Crippen LogP contribution in [0.5, 0.6) is 0 Å². The molecule has 63 heavy (non-hydrogen) atoms. The number of rotatable bonds is 8. The number of hydrogen-bond acceptors (Lipinski definition) is 7. The molecule has 0 radical (unpaired) electrons. The van der Waals surface area contributed by atoms with Gasteiger partial charge in [0.05, 0.1) is 0 Å². The molecule has 8 aromatic carbocycles. The van der Waals surface area contributed by atoms with Gasteiger partial charge in [0, 0.05) is 55.3 Å². The van der Waals surface area contributed by atoms with Crippen LogP contribution in [0.3, 0.4) is 0 Å². The third-order valence-electron chi connectivity index (χ3n) is 11.3. The first-order valence-corrected chi connectivity index (χ1v) is 20.9. The van der Waals surface area contributed by atoms with Crippen molar-refractivity contribution in [1.29, 1.82) is 0 Å². The lowest BCUT2D eigenvalue weighted by atomic mass is 9.93. The van der Waals surface area contributed by atoms with Crippen LogP contribution in [0.2, 0.25) is 0 Å². The van der Waals surface area contributed by atoms with E-state index in [0.717, 1.165) is 88.7 Å². The van der Waals surface area contributed by atoms with Crippen LogP contribution in [-0.4, -0.2) is 29.9 Å². The van der Waals surface area contributed by atoms with Gasteiger partial charge in [-0.05, 0) is 60.4 Å². The number of benzene rings is 8. The molecule has 7 heteroatoms. The van der Waals surface area contributed by atoms with Crippen molar-refractivity contribution in [2.45, 2.75) is 13.8 Å². The molecule has 0 aliphatic heterocycles. The minimum atomic E-state index is 0.580. The van der Waals surface area contributed by atoms with Gasteiger partial charge in [0.25, 0.3) is 0 Å². The normalized spacial score (nSPS) is 11.3. The zero-order valence-electron chi connectivity index (χ0n) is 34.6. The molecule has 3 heterocycles. The summed E-state index contributed by atoms with van der Waals surface area (Å²) >= 11 is 0. The maximum absolute atomic E-state index is 7.18. The largest absolute Gasteiger partial charge is 0.455 e. The number of nitrogens with zero attached hydrogens (tertiary/aromatic N) is 6. The van der Waals surface area contributed by atoms with E-state index in [4.69, 9.17) is 34.3 Å². The van der Waals surface area contributed by atoms with Gasteiger partial charge in [-0.25, -0.2) is 29.9 Å². The SMILES string of the molecule is Cc1cc(-c2ccccc2-c2nc(-c3ccccc3)nc(-c3ccccc3)n2)c2oc3c(-c4ccccc4-c4nc(-c5ccccc5)nc(-c5ccccc5)n4)cc(C)cc3c2c1. The first kappa shape index (κ1) is 37.6. The molecule has 0 fully saturated rings. The molecule has 0 bridgehead atoms. The number of aromatic nitrogens is 6. The predicted molar refractivity (Wildman–Crippen MR) is 253 cm³/mol. The van der Waals surface area contributed by atoms with Crippen molar-refractivity contribution in [2.24, 2.45) is 0 Å². The summed E-state index contributed by atoms with van der Waals surface area (Å²) < 4.78 is 7.18. The lowest BCUT2D eigenvalue weighted by molar-refractivity contribution is 0.671. The van der Waals surface area contributed by atoms with Crippen molar-refractivity contribution in [3.8, 4) is 90.6 Å². The van der Waals surface area contributed by atoms with E-state index in [9.17, 15) is 0 Å². The van der Waals surface area contributed by atoms with E-state index < -0.39 is 0 Å². The van der Waals surface area contributed by atoms with Crippen molar-refractivity contribution < 1.29 is 4.42 Å². The van der Waals surface area contributed by atoms with Crippen LogP contribution in [0, 0.1) is 13.8 Å². The van der Waals surface area contributed by atoms with Crippen molar-refractivity contribution >= 4 is 21.9 Å². The van der Waals surface area contributed by atoms with Gasteiger partial charge in [-0.1, -0.05) is 170 Å². The fourth-order valence-corrected chi connectivity index (χ4v) is 8.35. The van der Waals surface area contributed by atoms with Gasteiger partial charge in [0.15, 0.2) is 34.9 Å². The van der Waals surface area contributed by atoms with Crippen LogP contribution in [0.1, 0.15) is 11.1 Å². The molecule has 0 N–H and O–H groups in total. The molecule has 0 unspecified atom stereocenters. The summed E-state index contributed by atoms with van der Waals surface area (Å²) in [6, 6.07) is 65.7. The molecule has 11 aromatic rings. The highest BCUT2D eigenvalue weighted by Crippen LogP contribution is 2.45. The number of hydrogen-bond donors (Lipinski definition) is 0. The van der Waals surface area contributed by atoms with E-state index in [2.05, 4.69) is 74.5 Å². The maximum atomic E-state index is 7.18. The quantitative estimate of drug-likeness (QED) is 0.151. The Morgan fingerprint density at radius 1 is 0.270 bits per heavy atom. The number of fused-ring (bicyclic) bond motifs is 3. The second-order valence-corrected chi connectivity index (χ2v) is 15.6. The molecule has 11 rings (SSSR count). The summed E-state index contributed by atoms with van der Waals surface area (Å²) in [4.78, 5) is 30.4. The van der Waals surface area contributed by atoms with E-state index in [0.29, 0.717) is 34.9 Å². The van der Waals surface area contributed by atoms with Gasteiger partial charge in [-0.15, -0.1) is 0 Å². The summed E-state index contributed by atoms with van der Waals surface area (Å²) in [5.74, 6) is 3.59. The Balaban J connectivity index is 1.11. The van der Waals surface area contributed by atoms with E-state index in [1.807, 2.05) is 133 Å². The minimum absolute atomic E-state index is 0.580. The van der Waals surface area contributed by atoms with E-state index in [-0.39, 0.29) is 0 Å². The molecule has 7 nitrogen and oxygen atoms in total. The molecule has 0 saturated carbocycles. The highest BCUT2D eigenvalue weighted by molar-refractivity contribution is 6.15. The number of furan rings is 1. The summed E-state index contributed by atoms with van der Waals surface area (Å²) in [5.41, 5.74) is 13.0. The van der Waals surface area contributed by atoms with Crippen LogP contribution in [-0.2, 0) is 0 Å². The highest BCUT2D eigenvalue weighted by Gasteiger charge is 2.23. The molecule has 0 atom stereocenters. The van der Waals surface area contributed by atoms with Gasteiger partial charge < -0.3 is 4.42 Å². The second-order valence-electron chi connectivity index (χ2n) is 15.6. The van der Waals surface area contributed by atoms with Gasteiger partial charge in [0.1, 0.15) is 11.2 Å². The summed E-state index contributed by atoms with van der Waals surface area (Å²) in [5, 5.41) is 2.06. The molecule has 0 saturated heterocycles. The molecule has 298 valence electrons. The summed E-state index contributed by atoms with van der Waals surface area (Å²) in [7, 11) is 0. The van der Waals surface area contributed by atoms with Crippen molar-refractivity contribution in [3.05, 3.63) is 205 Å². The lowest BCUT2D eigenvalue weighted by Gasteiger charge is -2.13. The smallest absolute Gasteiger partial charge is 0.164 e. The molecular weight excluding hydrogens is 773 g/mol. The highest BCUT2D eigenvalue weighted by atomic mass is 16.3. The van der Waals surface area contributed by atoms with Gasteiger partial charge >= 0.3 is 0 Å². The zero-order valence-corrected chi connectivity index (χ0v) is 34.6. The standard InChI is InChI=1S/C56H38N6O/c1-35-31-45(41-27-15-17-29-43(41)55-59-51(37-19-7-3-8-20-37)57-52(60-55)38-21-9-4-10-22-38)49-47(33-35)48-34-36(2)32-46(50(48)63-49)42-28-16-18-30-44(42)56-61-53(39-23-11-5-12-24-39)58-54(62-56)40-25-13-6-14-26-40/h3-34H,1-2H3. The molecule has 0 spiro atoms. The first-order valence-electron chi connectivity index (χ1n) is 20.9. The predicted octanol–water partition coefficient (Wildman–Crippen LogP) is 13.9. The van der Waals surface area contributed by atoms with Crippen molar-refractivity contribution in [1.82, 2.24) is 29.9 Å². The monoisotopic (exact) mass is 810 g/mol. The first-order chi connectivity index (χ1) is 31.0. The second kappa shape index (κ2) is 15.9. The van der Waals surface area contributed by atoms with Gasteiger partial charge in [-0.2, -0.15) is 0 Å². The minimum Gasteiger partial charge on any atom is -0.455 e. The topological polar surface area (TPSA) is 90.5 Å². The van der Waals surface area contributed by atoms with E-state index in [1.165, 1.54) is 0 Å². The van der Waals surface area contributed by atoms with Crippen LogP contribution in [0.25, 0.3) is 113 Å². The molecule has 3 aromatic heterocycles. The fraction of sp³-hybridized carbons (Fsp3) is 0.0357. The Bertz CT molecular complexity index is 3120. The Morgan fingerprint density at radius 2 is 0.540 bits per heavy atom. The Morgan fingerprint density at radius 3 is 0.857 bits per heavy atom. The van der Waals surface area contributed by atoms with Crippen molar-refractivity contribution in [2.75, 3.05) is 0 Å². The fourth-order valence-electron chi connectivity index (χ4n) is 8.35. The molecule has 0 amide bonds. The molecule has 0 aliphatic rings. The molecule has 0 aliphatic carbocycles. The van der Waals surface area contributed by atoms with Crippen LogP contribution in [0.4, 0.5) is 0 Å². The Labute approximate surface area is 364 Å². The average molecular weight is 811 g/mol. The van der Waals surface area contributed by atoms with Crippen LogP contribution < -0.4 is 0 Å². The van der Waals surface area contributed by atoms with Crippen LogP contribution >= 0.6 is 0 Å². The average Bonchev–Trinajstić information content (AvgIpc) is 3.72. The van der Waals surface area contributed by atoms with Gasteiger partial charge in [-0.3, -0.25) is 0 Å². The third-order valence-corrected chi connectivity index (χ3v) is 11.3. The summed E-state index contributed by atoms with van der Waals surface area (Å²) in [6.45, 7) is 4.27. The van der Waals surface area contributed by atoms with Gasteiger partial charge in [0.2, 0.25) is 0 Å². The Hall–Kier alpha value is -8.42. The number of aryl methyl sites for hydroxylation is 2. The van der Waals surface area contributed by atoms with Crippen molar-refractivity contribution in [3.63, 3.8) is 0 Å². The maximum Gasteiger partial charge on any atom is 0.164 e.